The molecule has 1 aliphatic heterocycles. The van der Waals surface area contributed by atoms with Gasteiger partial charge in [0.1, 0.15) is 5.69 Å². The molecule has 1 amide bonds. The standard InChI is InChI=1S/C26H19AsN2O4.C25H16F3N3O3/c28-15-16-9-10-21(20(13-16)26(31)32)27-25(30)22-14-17-5-4-8-19-23(11-12-29(22)24(17)19)33-18-6-2-1-3-7-18;1-31-21(23(32)30-20-10-9-14(13-29)11-18(20)24(33)34)12-15-5-4-7-17(22(15)31)16-6-2-3-8-19(16)25(26,27)28/h1-10,13-14,23,27H,11-12H2,(H,31,32);2-12H,1H3,(H,30,32)(H,33,34). The first-order valence-electron chi connectivity index (χ1n) is 20.4. The SMILES string of the molecule is Cn1c(C(=O)Nc2ccc(C#N)cc2C(=O)O)cc2cccc(-c3ccccc3C(F)(F)F)c21.N#Cc1ccc([AsH]C(=O)c2cc3cccc4c3n2CCC4Oc2ccccc2)c(C(=O)O)c1. The normalized spacial score (nSPS) is 13.1. The number of ether oxygens (including phenoxy) is 1. The Morgan fingerprint density at radius 2 is 1.33 bits per heavy atom. The van der Waals surface area contributed by atoms with Gasteiger partial charge in [-0.2, -0.15) is 18.4 Å². The number of para-hydroxylation sites is 3. The summed E-state index contributed by atoms with van der Waals surface area (Å²) in [5, 5.41) is 41.1. The van der Waals surface area contributed by atoms with Gasteiger partial charge in [-0.25, -0.2) is 4.79 Å². The van der Waals surface area contributed by atoms with Crippen molar-refractivity contribution in [3.05, 3.63) is 184 Å². The summed E-state index contributed by atoms with van der Waals surface area (Å²) in [6.45, 7) is 0.643. The Labute approximate surface area is 386 Å². The van der Waals surface area contributed by atoms with E-state index in [2.05, 4.69) is 5.32 Å². The summed E-state index contributed by atoms with van der Waals surface area (Å²) in [5.74, 6) is -2.29. The minimum atomic E-state index is -4.56. The van der Waals surface area contributed by atoms with Crippen LogP contribution in [0.4, 0.5) is 18.9 Å². The molecular weight excluding hydrogens is 927 g/mol. The number of nitriles is 2. The monoisotopic (exact) mass is 961 g/mol. The number of halogens is 3. The van der Waals surface area contributed by atoms with Gasteiger partial charge in [0.15, 0.2) is 0 Å². The van der Waals surface area contributed by atoms with E-state index in [9.17, 15) is 42.6 Å². The molecule has 9 rings (SSSR count). The first-order valence-corrected chi connectivity index (χ1v) is 22.5. The van der Waals surface area contributed by atoms with E-state index in [4.69, 9.17) is 15.3 Å². The van der Waals surface area contributed by atoms with Crippen molar-refractivity contribution in [2.24, 2.45) is 7.05 Å². The molecule has 0 bridgehead atoms. The summed E-state index contributed by atoms with van der Waals surface area (Å²) in [4.78, 5) is 49.6. The summed E-state index contributed by atoms with van der Waals surface area (Å²) in [6, 6.07) is 41.3. The molecule has 2 unspecified atom stereocenters. The van der Waals surface area contributed by atoms with E-state index in [1.54, 1.807) is 37.4 Å². The van der Waals surface area contributed by atoms with Gasteiger partial charge in [-0.3, -0.25) is 4.79 Å². The number of nitrogens with zero attached hydrogens (tertiary/aromatic N) is 4. The Hall–Kier alpha value is -8.39. The number of carbonyl (C=O) groups is 4. The van der Waals surface area contributed by atoms with Crippen LogP contribution >= 0.6 is 0 Å². The minimum absolute atomic E-state index is 0.00982. The van der Waals surface area contributed by atoms with E-state index in [0.29, 0.717) is 33.1 Å². The van der Waals surface area contributed by atoms with Gasteiger partial charge in [0.25, 0.3) is 5.91 Å². The van der Waals surface area contributed by atoms with Crippen molar-refractivity contribution in [3.63, 3.8) is 0 Å². The Bertz CT molecular complexity index is 3390. The summed E-state index contributed by atoms with van der Waals surface area (Å²) in [6.07, 6.45) is -3.94. The van der Waals surface area contributed by atoms with Gasteiger partial charge >= 0.3 is 209 Å². The van der Waals surface area contributed by atoms with Crippen molar-refractivity contribution in [3.8, 4) is 29.0 Å². The fourth-order valence-electron chi connectivity index (χ4n) is 8.21. The fraction of sp³-hybridized carbons (Fsp3) is 0.0980. The molecule has 12 nitrogen and oxygen atoms in total. The molecule has 3 heterocycles. The van der Waals surface area contributed by atoms with Gasteiger partial charge in [0.05, 0.1) is 34.0 Å². The van der Waals surface area contributed by atoms with E-state index in [-0.39, 0.29) is 49.9 Å². The van der Waals surface area contributed by atoms with Crippen LogP contribution < -0.4 is 14.4 Å². The van der Waals surface area contributed by atoms with Gasteiger partial charge in [-0.1, -0.05) is 36.4 Å². The average molecular weight is 962 g/mol. The molecule has 0 fully saturated rings. The molecule has 16 heteroatoms. The van der Waals surface area contributed by atoms with E-state index < -0.39 is 45.3 Å². The molecule has 3 N–H and O–H groups in total. The number of carboxylic acids is 2. The Morgan fingerprint density at radius 3 is 2.01 bits per heavy atom. The number of aryl methyl sites for hydroxylation is 2. The quantitative estimate of drug-likeness (QED) is 0.112. The number of amides is 1. The van der Waals surface area contributed by atoms with Crippen LogP contribution in [0.1, 0.15) is 76.5 Å². The molecule has 1 aliphatic rings. The summed E-state index contributed by atoms with van der Waals surface area (Å²) in [5.41, 5.74) is 2.84. The summed E-state index contributed by atoms with van der Waals surface area (Å²) in [7, 11) is 1.55. The summed E-state index contributed by atoms with van der Waals surface area (Å²) >= 11 is -1.43. The van der Waals surface area contributed by atoms with Gasteiger partial charge in [-0.05, 0) is 35.9 Å². The molecule has 67 heavy (non-hydrogen) atoms. The van der Waals surface area contributed by atoms with Crippen LogP contribution in [0.3, 0.4) is 0 Å². The molecule has 332 valence electrons. The molecule has 2 aromatic heterocycles. The topological polar surface area (TPSA) is 187 Å². The molecular formula is C51H35AsF3N5O7. The zero-order valence-corrected chi connectivity index (χ0v) is 37.2. The van der Waals surface area contributed by atoms with Gasteiger partial charge in [0.2, 0.25) is 0 Å². The molecule has 2 atom stereocenters. The van der Waals surface area contributed by atoms with Crippen LogP contribution in [0.2, 0.25) is 0 Å². The fourth-order valence-corrected chi connectivity index (χ4v) is 10.4. The van der Waals surface area contributed by atoms with Crippen LogP contribution in [-0.2, 0) is 19.8 Å². The number of hydrogen-bond acceptors (Lipinski definition) is 7. The third kappa shape index (κ3) is 9.14. The Kier molecular flexibility index (Phi) is 12.5. The van der Waals surface area contributed by atoms with Crippen LogP contribution in [-0.4, -0.2) is 57.5 Å². The number of carboxylic acid groups (broad SMARTS) is 2. The van der Waals surface area contributed by atoms with Crippen LogP contribution in [0, 0.1) is 22.7 Å². The molecule has 0 saturated carbocycles. The third-order valence-electron chi connectivity index (χ3n) is 11.2. The predicted octanol–water partition coefficient (Wildman–Crippen LogP) is 9.32. The van der Waals surface area contributed by atoms with Crippen molar-refractivity contribution in [2.45, 2.75) is 25.2 Å². The molecule has 0 aliphatic carbocycles. The molecule has 6 aromatic carbocycles. The van der Waals surface area contributed by atoms with Crippen LogP contribution in [0.5, 0.6) is 5.75 Å². The molecule has 8 aromatic rings. The molecule has 0 saturated heterocycles. The number of fused-ring (bicyclic) bond motifs is 1. The number of aromatic nitrogens is 2. The first kappa shape index (κ1) is 45.2. The van der Waals surface area contributed by atoms with Crippen LogP contribution in [0.15, 0.2) is 140 Å². The maximum absolute atomic E-state index is 13.6. The number of benzene rings is 6. The van der Waals surface area contributed by atoms with Crippen molar-refractivity contribution in [1.82, 2.24) is 9.13 Å². The van der Waals surface area contributed by atoms with Gasteiger partial charge in [-0.15, -0.1) is 0 Å². The Morgan fingerprint density at radius 1 is 0.716 bits per heavy atom. The number of anilines is 1. The summed E-state index contributed by atoms with van der Waals surface area (Å²) < 4.78 is 51.1. The second-order valence-electron chi connectivity index (χ2n) is 15.3. The number of carbonyl (C=O) groups excluding carboxylic acids is 2. The number of alkyl halides is 3. The van der Waals surface area contributed by atoms with Crippen molar-refractivity contribution < 1.29 is 47.3 Å². The van der Waals surface area contributed by atoms with Gasteiger partial charge in [0, 0.05) is 18.0 Å². The number of aromatic carboxylic acids is 2. The van der Waals surface area contributed by atoms with Gasteiger partial charge < -0.3 is 15.0 Å². The van der Waals surface area contributed by atoms with E-state index in [1.807, 2.05) is 71.3 Å². The average Bonchev–Trinajstić information content (AvgIpc) is 3.88. The second kappa shape index (κ2) is 18.6. The second-order valence-corrected chi connectivity index (χ2v) is 17.9. The first-order chi connectivity index (χ1) is 32.2. The van der Waals surface area contributed by atoms with E-state index in [0.717, 1.165) is 40.8 Å². The van der Waals surface area contributed by atoms with Crippen molar-refractivity contribution >= 4 is 70.0 Å². The number of rotatable bonds is 10. The Balaban J connectivity index is 0.000000182. The predicted molar refractivity (Wildman–Crippen MR) is 245 cm³/mol. The molecule has 0 radical (unpaired) electrons. The molecule has 0 spiro atoms. The number of hydrogen-bond donors (Lipinski definition) is 3. The van der Waals surface area contributed by atoms with Crippen molar-refractivity contribution in [2.75, 3.05) is 5.32 Å². The zero-order valence-electron chi connectivity index (χ0n) is 35.1. The maximum atomic E-state index is 13.6. The van der Waals surface area contributed by atoms with Crippen LogP contribution in [0.25, 0.3) is 32.9 Å². The van der Waals surface area contributed by atoms with Crippen molar-refractivity contribution in [1.29, 1.82) is 10.5 Å². The zero-order chi connectivity index (χ0) is 47.6. The van der Waals surface area contributed by atoms with E-state index >= 15 is 0 Å². The number of nitrogens with one attached hydrogen (secondary N) is 1. The van der Waals surface area contributed by atoms with E-state index in [1.165, 1.54) is 47.0 Å². The third-order valence-corrected chi connectivity index (χ3v) is 13.7.